The molecule has 1 aromatic rings. The van der Waals surface area contributed by atoms with Gasteiger partial charge in [0.05, 0.1) is 25.0 Å². The average Bonchev–Trinajstić information content (AvgIpc) is 2.38. The zero-order valence-electron chi connectivity index (χ0n) is 10.8. The Morgan fingerprint density at radius 1 is 1.44 bits per heavy atom. The van der Waals surface area contributed by atoms with Crippen LogP contribution in [0.15, 0.2) is 18.2 Å². The predicted molar refractivity (Wildman–Crippen MR) is 70.7 cm³/mol. The van der Waals surface area contributed by atoms with Gasteiger partial charge in [0.1, 0.15) is 5.75 Å². The lowest BCUT2D eigenvalue weighted by Gasteiger charge is -2.22. The standard InChI is InChI=1S/C13H20N2O3/c1-3-7-15(8-9-16)13(17)10-5-4-6-11(18-2)12(10)14/h4-6,16H,3,7-9,14H2,1-2H3. The molecule has 1 aromatic carbocycles. The minimum absolute atomic E-state index is 0.0599. The summed E-state index contributed by atoms with van der Waals surface area (Å²) in [4.78, 5) is 13.9. The Kier molecular flexibility index (Phi) is 5.45. The smallest absolute Gasteiger partial charge is 0.256 e. The molecule has 0 saturated carbocycles. The molecule has 0 radical (unpaired) electrons. The molecule has 0 fully saturated rings. The number of aliphatic hydroxyl groups is 1. The first-order valence-electron chi connectivity index (χ1n) is 5.98. The van der Waals surface area contributed by atoms with Crippen molar-refractivity contribution in [1.29, 1.82) is 0 Å². The van der Waals surface area contributed by atoms with Gasteiger partial charge < -0.3 is 20.5 Å². The van der Waals surface area contributed by atoms with Crippen molar-refractivity contribution in [3.8, 4) is 5.75 Å². The minimum Gasteiger partial charge on any atom is -0.495 e. The molecule has 0 bridgehead atoms. The fourth-order valence-electron chi connectivity index (χ4n) is 1.78. The van der Waals surface area contributed by atoms with Crippen LogP contribution >= 0.6 is 0 Å². The quantitative estimate of drug-likeness (QED) is 0.744. The lowest BCUT2D eigenvalue weighted by Crippen LogP contribution is -2.34. The molecule has 100 valence electrons. The molecule has 18 heavy (non-hydrogen) atoms. The Morgan fingerprint density at radius 3 is 2.72 bits per heavy atom. The lowest BCUT2D eigenvalue weighted by molar-refractivity contribution is 0.0722. The van der Waals surface area contributed by atoms with Crippen LogP contribution in [0, 0.1) is 0 Å². The number of rotatable bonds is 6. The number of nitrogen functional groups attached to an aromatic ring is 1. The van der Waals surface area contributed by atoms with Crippen molar-refractivity contribution in [3.05, 3.63) is 23.8 Å². The van der Waals surface area contributed by atoms with Crippen LogP contribution in [-0.4, -0.2) is 42.7 Å². The lowest BCUT2D eigenvalue weighted by atomic mass is 10.1. The first-order valence-corrected chi connectivity index (χ1v) is 5.98. The number of carbonyl (C=O) groups is 1. The zero-order valence-corrected chi connectivity index (χ0v) is 10.8. The van der Waals surface area contributed by atoms with Gasteiger partial charge in [-0.25, -0.2) is 0 Å². The normalized spacial score (nSPS) is 10.2. The van der Waals surface area contributed by atoms with E-state index in [0.717, 1.165) is 6.42 Å². The summed E-state index contributed by atoms with van der Waals surface area (Å²) in [5, 5.41) is 8.98. The summed E-state index contributed by atoms with van der Waals surface area (Å²) >= 11 is 0. The summed E-state index contributed by atoms with van der Waals surface area (Å²) < 4.78 is 5.09. The number of anilines is 1. The number of hydrogen-bond donors (Lipinski definition) is 2. The van der Waals surface area contributed by atoms with Crippen LogP contribution in [0.5, 0.6) is 5.75 Å². The van der Waals surface area contributed by atoms with Crippen molar-refractivity contribution in [2.45, 2.75) is 13.3 Å². The SMILES string of the molecule is CCCN(CCO)C(=O)c1cccc(OC)c1N. The molecule has 0 aliphatic heterocycles. The van der Waals surface area contributed by atoms with Crippen LogP contribution in [0.4, 0.5) is 5.69 Å². The topological polar surface area (TPSA) is 75.8 Å². The maximum atomic E-state index is 12.3. The molecule has 1 rings (SSSR count). The number of para-hydroxylation sites is 1. The molecule has 0 heterocycles. The van der Waals surface area contributed by atoms with E-state index in [1.807, 2.05) is 6.92 Å². The molecular formula is C13H20N2O3. The van der Waals surface area contributed by atoms with Crippen LogP contribution in [-0.2, 0) is 0 Å². The maximum absolute atomic E-state index is 12.3. The third-order valence-corrected chi connectivity index (χ3v) is 2.67. The van der Waals surface area contributed by atoms with E-state index in [1.54, 1.807) is 23.1 Å². The van der Waals surface area contributed by atoms with E-state index in [-0.39, 0.29) is 12.5 Å². The molecule has 1 amide bonds. The zero-order chi connectivity index (χ0) is 13.5. The summed E-state index contributed by atoms with van der Waals surface area (Å²) in [5.41, 5.74) is 6.64. The fourth-order valence-corrected chi connectivity index (χ4v) is 1.78. The molecule has 0 aliphatic carbocycles. The van der Waals surface area contributed by atoms with Gasteiger partial charge in [0.2, 0.25) is 0 Å². The summed E-state index contributed by atoms with van der Waals surface area (Å²) in [6, 6.07) is 5.11. The minimum atomic E-state index is -0.178. The summed E-state index contributed by atoms with van der Waals surface area (Å²) in [5.74, 6) is 0.309. The maximum Gasteiger partial charge on any atom is 0.256 e. The number of nitrogens with zero attached hydrogens (tertiary/aromatic N) is 1. The first-order chi connectivity index (χ1) is 8.65. The number of benzene rings is 1. The van der Waals surface area contributed by atoms with Crippen LogP contribution in [0.25, 0.3) is 0 Å². The van der Waals surface area contributed by atoms with Crippen LogP contribution in [0.3, 0.4) is 0 Å². The largest absolute Gasteiger partial charge is 0.495 e. The van der Waals surface area contributed by atoms with Crippen LogP contribution in [0.2, 0.25) is 0 Å². The van der Waals surface area contributed by atoms with Crippen molar-refractivity contribution in [1.82, 2.24) is 4.90 Å². The molecule has 0 unspecified atom stereocenters. The number of hydrogen-bond acceptors (Lipinski definition) is 4. The third kappa shape index (κ3) is 3.13. The highest BCUT2D eigenvalue weighted by Gasteiger charge is 2.18. The molecule has 0 saturated heterocycles. The summed E-state index contributed by atoms with van der Waals surface area (Å²) in [6.07, 6.45) is 0.829. The highest BCUT2D eigenvalue weighted by molar-refractivity contribution is 6.00. The van der Waals surface area contributed by atoms with E-state index in [1.165, 1.54) is 7.11 Å². The van der Waals surface area contributed by atoms with E-state index in [2.05, 4.69) is 0 Å². The van der Waals surface area contributed by atoms with Gasteiger partial charge in [0.25, 0.3) is 5.91 Å². The predicted octanol–water partition coefficient (Wildman–Crippen LogP) is 1.12. The third-order valence-electron chi connectivity index (χ3n) is 2.67. The Balaban J connectivity index is 3.00. The Bertz CT molecular complexity index is 401. The second-order valence-corrected chi connectivity index (χ2v) is 3.94. The van der Waals surface area contributed by atoms with Gasteiger partial charge in [0.15, 0.2) is 0 Å². The fraction of sp³-hybridized carbons (Fsp3) is 0.462. The Hall–Kier alpha value is -1.75. The molecular weight excluding hydrogens is 232 g/mol. The number of amides is 1. The van der Waals surface area contributed by atoms with Crippen molar-refractivity contribution in [2.24, 2.45) is 0 Å². The molecule has 3 N–H and O–H groups in total. The number of carbonyl (C=O) groups excluding carboxylic acids is 1. The van der Waals surface area contributed by atoms with Gasteiger partial charge >= 0.3 is 0 Å². The van der Waals surface area contributed by atoms with E-state index in [0.29, 0.717) is 30.1 Å². The van der Waals surface area contributed by atoms with Gasteiger partial charge in [-0.15, -0.1) is 0 Å². The van der Waals surface area contributed by atoms with Crippen molar-refractivity contribution >= 4 is 11.6 Å². The van der Waals surface area contributed by atoms with Gasteiger partial charge in [-0.1, -0.05) is 13.0 Å². The van der Waals surface area contributed by atoms with Crippen molar-refractivity contribution in [3.63, 3.8) is 0 Å². The van der Waals surface area contributed by atoms with E-state index in [9.17, 15) is 4.79 Å². The molecule has 0 spiro atoms. The highest BCUT2D eigenvalue weighted by atomic mass is 16.5. The molecule has 5 heteroatoms. The summed E-state index contributed by atoms with van der Waals surface area (Å²) in [7, 11) is 1.51. The van der Waals surface area contributed by atoms with Gasteiger partial charge in [-0.3, -0.25) is 4.79 Å². The van der Waals surface area contributed by atoms with E-state index >= 15 is 0 Å². The number of nitrogens with two attached hydrogens (primary N) is 1. The van der Waals surface area contributed by atoms with Crippen molar-refractivity contribution < 1.29 is 14.6 Å². The Labute approximate surface area is 107 Å². The van der Waals surface area contributed by atoms with Crippen LogP contribution < -0.4 is 10.5 Å². The van der Waals surface area contributed by atoms with E-state index < -0.39 is 0 Å². The second-order valence-electron chi connectivity index (χ2n) is 3.94. The molecule has 0 atom stereocenters. The highest BCUT2D eigenvalue weighted by Crippen LogP contribution is 2.25. The van der Waals surface area contributed by atoms with Crippen LogP contribution in [0.1, 0.15) is 23.7 Å². The number of aliphatic hydroxyl groups excluding tert-OH is 1. The number of methoxy groups -OCH3 is 1. The summed E-state index contributed by atoms with van der Waals surface area (Å²) in [6.45, 7) is 2.82. The molecule has 5 nitrogen and oxygen atoms in total. The number of ether oxygens (including phenoxy) is 1. The average molecular weight is 252 g/mol. The van der Waals surface area contributed by atoms with Crippen molar-refractivity contribution in [2.75, 3.05) is 32.5 Å². The Morgan fingerprint density at radius 2 is 2.17 bits per heavy atom. The molecule has 0 aliphatic rings. The van der Waals surface area contributed by atoms with Gasteiger partial charge in [-0.2, -0.15) is 0 Å². The second kappa shape index (κ2) is 6.86. The first kappa shape index (κ1) is 14.3. The van der Waals surface area contributed by atoms with Gasteiger partial charge in [-0.05, 0) is 18.6 Å². The molecule has 0 aromatic heterocycles. The monoisotopic (exact) mass is 252 g/mol. The van der Waals surface area contributed by atoms with Gasteiger partial charge in [0, 0.05) is 13.1 Å². The van der Waals surface area contributed by atoms with E-state index in [4.69, 9.17) is 15.6 Å².